The Kier molecular flexibility index (Phi) is 5.33. The molecule has 0 unspecified atom stereocenters. The SMILES string of the molecule is Cc1ncc2ccc(-c3nc(N)nc(N4C[C@H](C(=O)Nc5ccccn5)CC[C@@H]4C)n3)cn12. The third-order valence-electron chi connectivity index (χ3n) is 6.04. The number of amides is 1. The lowest BCUT2D eigenvalue weighted by Gasteiger charge is -2.37. The van der Waals surface area contributed by atoms with E-state index in [9.17, 15) is 4.79 Å². The summed E-state index contributed by atoms with van der Waals surface area (Å²) in [6.45, 7) is 4.53. The molecule has 0 aliphatic carbocycles. The van der Waals surface area contributed by atoms with Gasteiger partial charge in [-0.05, 0) is 51.0 Å². The third-order valence-corrected chi connectivity index (χ3v) is 6.04. The average molecular weight is 444 g/mol. The number of anilines is 3. The van der Waals surface area contributed by atoms with E-state index in [-0.39, 0.29) is 23.8 Å². The summed E-state index contributed by atoms with van der Waals surface area (Å²) < 4.78 is 1.98. The van der Waals surface area contributed by atoms with Crippen LogP contribution in [0.5, 0.6) is 0 Å². The number of nitrogens with one attached hydrogen (secondary N) is 1. The summed E-state index contributed by atoms with van der Waals surface area (Å²) in [6, 6.07) is 9.51. The number of imidazole rings is 1. The smallest absolute Gasteiger partial charge is 0.230 e. The lowest BCUT2D eigenvalue weighted by Crippen LogP contribution is -2.46. The van der Waals surface area contributed by atoms with Crippen molar-refractivity contribution >= 4 is 29.1 Å². The Balaban J connectivity index is 1.42. The Morgan fingerprint density at radius 3 is 2.82 bits per heavy atom. The fraction of sp³-hybridized carbons (Fsp3) is 0.304. The molecule has 10 heteroatoms. The highest BCUT2D eigenvalue weighted by atomic mass is 16.2. The summed E-state index contributed by atoms with van der Waals surface area (Å²) in [4.78, 5) is 36.9. The van der Waals surface area contributed by atoms with Crippen molar-refractivity contribution in [3.8, 4) is 11.4 Å². The van der Waals surface area contributed by atoms with Crippen molar-refractivity contribution < 1.29 is 4.79 Å². The minimum absolute atomic E-state index is 0.0612. The largest absolute Gasteiger partial charge is 0.368 e. The van der Waals surface area contributed by atoms with Gasteiger partial charge in [0.05, 0.1) is 17.6 Å². The van der Waals surface area contributed by atoms with Crippen LogP contribution in [0.2, 0.25) is 0 Å². The lowest BCUT2D eigenvalue weighted by atomic mass is 9.93. The number of aryl methyl sites for hydroxylation is 1. The maximum absolute atomic E-state index is 12.9. The van der Waals surface area contributed by atoms with Gasteiger partial charge in [0, 0.05) is 30.5 Å². The molecule has 5 rings (SSSR count). The van der Waals surface area contributed by atoms with Gasteiger partial charge in [-0.25, -0.2) is 9.97 Å². The molecule has 5 heterocycles. The van der Waals surface area contributed by atoms with E-state index in [1.807, 2.05) is 52.9 Å². The number of carbonyl (C=O) groups is 1. The van der Waals surface area contributed by atoms with Gasteiger partial charge in [-0.3, -0.25) is 4.79 Å². The molecule has 1 fully saturated rings. The predicted octanol–water partition coefficient (Wildman–Crippen LogP) is 2.72. The number of carbonyl (C=O) groups excluding carboxylic acids is 1. The molecule has 0 radical (unpaired) electrons. The van der Waals surface area contributed by atoms with Crippen LogP contribution in [0.4, 0.5) is 17.7 Å². The number of nitrogen functional groups attached to an aromatic ring is 1. The van der Waals surface area contributed by atoms with Crippen molar-refractivity contribution in [2.24, 2.45) is 5.92 Å². The zero-order chi connectivity index (χ0) is 22.9. The van der Waals surface area contributed by atoms with Crippen molar-refractivity contribution in [3.05, 3.63) is 54.7 Å². The molecule has 4 aromatic heterocycles. The molecule has 10 nitrogen and oxygen atoms in total. The Morgan fingerprint density at radius 2 is 2.00 bits per heavy atom. The first-order valence-electron chi connectivity index (χ1n) is 10.9. The Morgan fingerprint density at radius 1 is 1.12 bits per heavy atom. The topological polar surface area (TPSA) is 127 Å². The van der Waals surface area contributed by atoms with E-state index in [2.05, 4.69) is 32.2 Å². The first kappa shape index (κ1) is 20.8. The van der Waals surface area contributed by atoms with E-state index in [0.29, 0.717) is 24.1 Å². The minimum Gasteiger partial charge on any atom is -0.368 e. The molecule has 0 aromatic carbocycles. The van der Waals surface area contributed by atoms with Crippen LogP contribution >= 0.6 is 0 Å². The quantitative estimate of drug-likeness (QED) is 0.493. The van der Waals surface area contributed by atoms with Gasteiger partial charge in [0.1, 0.15) is 11.6 Å². The molecular formula is C23H25N9O. The summed E-state index contributed by atoms with van der Waals surface area (Å²) in [5, 5.41) is 2.90. The number of fused-ring (bicyclic) bond motifs is 1. The fourth-order valence-electron chi connectivity index (χ4n) is 4.15. The van der Waals surface area contributed by atoms with Gasteiger partial charge in [-0.15, -0.1) is 0 Å². The normalized spacial score (nSPS) is 18.4. The second-order valence-electron chi connectivity index (χ2n) is 8.32. The number of piperidine rings is 1. The molecule has 0 bridgehead atoms. The Bertz CT molecular complexity index is 1300. The molecule has 0 spiro atoms. The van der Waals surface area contributed by atoms with Crippen molar-refractivity contribution in [3.63, 3.8) is 0 Å². The molecule has 168 valence electrons. The number of hydrogen-bond donors (Lipinski definition) is 2. The van der Waals surface area contributed by atoms with Crippen LogP contribution in [0.3, 0.4) is 0 Å². The second-order valence-corrected chi connectivity index (χ2v) is 8.32. The minimum atomic E-state index is -0.213. The van der Waals surface area contributed by atoms with Gasteiger partial charge in [-0.1, -0.05) is 6.07 Å². The van der Waals surface area contributed by atoms with Crippen LogP contribution in [0, 0.1) is 12.8 Å². The van der Waals surface area contributed by atoms with Crippen molar-refractivity contribution in [1.82, 2.24) is 29.3 Å². The fourth-order valence-corrected chi connectivity index (χ4v) is 4.15. The highest BCUT2D eigenvalue weighted by Gasteiger charge is 2.32. The van der Waals surface area contributed by atoms with Crippen molar-refractivity contribution in [2.75, 3.05) is 22.5 Å². The second kappa shape index (κ2) is 8.45. The number of rotatable bonds is 4. The van der Waals surface area contributed by atoms with E-state index in [1.54, 1.807) is 12.3 Å². The third kappa shape index (κ3) is 4.19. The highest BCUT2D eigenvalue weighted by molar-refractivity contribution is 5.92. The number of aromatic nitrogens is 6. The van der Waals surface area contributed by atoms with Gasteiger partial charge in [0.2, 0.25) is 17.8 Å². The van der Waals surface area contributed by atoms with Crippen LogP contribution in [0.1, 0.15) is 25.6 Å². The van der Waals surface area contributed by atoms with Crippen LogP contribution in [-0.4, -0.2) is 47.8 Å². The number of hydrogen-bond acceptors (Lipinski definition) is 8. The monoisotopic (exact) mass is 443 g/mol. The van der Waals surface area contributed by atoms with Gasteiger partial charge in [0.15, 0.2) is 5.82 Å². The first-order valence-corrected chi connectivity index (χ1v) is 10.9. The maximum atomic E-state index is 12.9. The Labute approximate surface area is 190 Å². The molecule has 2 atom stereocenters. The maximum Gasteiger partial charge on any atom is 0.230 e. The first-order chi connectivity index (χ1) is 16.0. The number of pyridine rings is 2. The van der Waals surface area contributed by atoms with E-state index in [1.165, 1.54) is 0 Å². The van der Waals surface area contributed by atoms with Gasteiger partial charge in [-0.2, -0.15) is 15.0 Å². The molecule has 1 aliphatic heterocycles. The molecule has 4 aromatic rings. The molecule has 3 N–H and O–H groups in total. The molecular weight excluding hydrogens is 418 g/mol. The molecule has 33 heavy (non-hydrogen) atoms. The average Bonchev–Trinajstić information content (AvgIpc) is 3.19. The highest BCUT2D eigenvalue weighted by Crippen LogP contribution is 2.28. The van der Waals surface area contributed by atoms with Gasteiger partial charge < -0.3 is 20.4 Å². The van der Waals surface area contributed by atoms with E-state index >= 15 is 0 Å². The van der Waals surface area contributed by atoms with Crippen molar-refractivity contribution in [1.29, 1.82) is 0 Å². The van der Waals surface area contributed by atoms with Crippen LogP contribution in [-0.2, 0) is 4.79 Å². The molecule has 1 aliphatic rings. The van der Waals surface area contributed by atoms with E-state index < -0.39 is 0 Å². The van der Waals surface area contributed by atoms with Gasteiger partial charge in [0.25, 0.3) is 0 Å². The summed E-state index contributed by atoms with van der Waals surface area (Å²) in [7, 11) is 0. The lowest BCUT2D eigenvalue weighted by molar-refractivity contribution is -0.120. The Hall–Kier alpha value is -4.08. The van der Waals surface area contributed by atoms with Gasteiger partial charge >= 0.3 is 0 Å². The van der Waals surface area contributed by atoms with Crippen LogP contribution < -0.4 is 16.0 Å². The molecule has 1 saturated heterocycles. The summed E-state index contributed by atoms with van der Waals surface area (Å²) >= 11 is 0. The number of nitrogens with two attached hydrogens (primary N) is 1. The molecule has 1 amide bonds. The molecule has 0 saturated carbocycles. The predicted molar refractivity (Wildman–Crippen MR) is 126 cm³/mol. The van der Waals surface area contributed by atoms with Crippen LogP contribution in [0.25, 0.3) is 16.9 Å². The van der Waals surface area contributed by atoms with Crippen molar-refractivity contribution in [2.45, 2.75) is 32.7 Å². The summed E-state index contributed by atoms with van der Waals surface area (Å²) in [5.74, 6) is 2.25. The zero-order valence-corrected chi connectivity index (χ0v) is 18.5. The standard InChI is InChI=1S/C23H25N9O/c1-14-6-7-17(21(33)27-19-5-3-4-10-25-19)13-31(14)23-29-20(28-22(24)30-23)16-8-9-18-11-26-15(2)32(18)12-16/h3-5,8-12,14,17H,6-7,13H2,1-2H3,(H,25,27,33)(H2,24,28,29,30)/t14-,17+/m0/s1. The van der Waals surface area contributed by atoms with E-state index in [0.717, 1.165) is 29.7 Å². The van der Waals surface area contributed by atoms with Crippen LogP contribution in [0.15, 0.2) is 48.9 Å². The number of nitrogens with zero attached hydrogens (tertiary/aromatic N) is 7. The summed E-state index contributed by atoms with van der Waals surface area (Å²) in [5.41, 5.74) is 7.88. The zero-order valence-electron chi connectivity index (χ0n) is 18.5. The van der Waals surface area contributed by atoms with E-state index in [4.69, 9.17) is 10.7 Å². The summed E-state index contributed by atoms with van der Waals surface area (Å²) in [6.07, 6.45) is 7.03.